The van der Waals surface area contributed by atoms with Gasteiger partial charge in [-0.05, 0) is 36.6 Å². The maximum absolute atomic E-state index is 4.61. The third-order valence-corrected chi connectivity index (χ3v) is 4.04. The lowest BCUT2D eigenvalue weighted by molar-refractivity contribution is 0.546. The molecular formula is C18H25N5. The zero-order valence-corrected chi connectivity index (χ0v) is 14.2. The van der Waals surface area contributed by atoms with E-state index in [-0.39, 0.29) is 5.41 Å². The van der Waals surface area contributed by atoms with Gasteiger partial charge in [-0.15, -0.1) is 0 Å². The number of nitrogens with one attached hydrogen (secondary N) is 1. The number of anilines is 2. The summed E-state index contributed by atoms with van der Waals surface area (Å²) in [6.07, 6.45) is 6.24. The number of pyridine rings is 1. The smallest absolute Gasteiger partial charge is 0.135 e. The second-order valence-electron chi connectivity index (χ2n) is 7.09. The molecular weight excluding hydrogens is 286 g/mol. The average Bonchev–Trinajstić information content (AvgIpc) is 3.07. The van der Waals surface area contributed by atoms with E-state index >= 15 is 0 Å². The van der Waals surface area contributed by atoms with E-state index in [1.54, 1.807) is 0 Å². The minimum Gasteiger partial charge on any atom is -0.366 e. The van der Waals surface area contributed by atoms with Gasteiger partial charge in [-0.2, -0.15) is 0 Å². The molecule has 2 aromatic heterocycles. The van der Waals surface area contributed by atoms with E-state index in [4.69, 9.17) is 0 Å². The van der Waals surface area contributed by atoms with Crippen molar-refractivity contribution in [3.8, 4) is 0 Å². The van der Waals surface area contributed by atoms with Crippen molar-refractivity contribution >= 4 is 11.6 Å². The van der Waals surface area contributed by atoms with Gasteiger partial charge in [0.2, 0.25) is 0 Å². The van der Waals surface area contributed by atoms with Gasteiger partial charge in [-0.3, -0.25) is 0 Å². The lowest BCUT2D eigenvalue weighted by Crippen LogP contribution is -2.19. The van der Waals surface area contributed by atoms with Crippen LogP contribution in [0.5, 0.6) is 0 Å². The molecule has 0 atom stereocenters. The first-order chi connectivity index (χ1) is 11.0. The van der Waals surface area contributed by atoms with Crippen LogP contribution < -0.4 is 10.2 Å². The van der Waals surface area contributed by atoms with Crippen LogP contribution in [0.2, 0.25) is 0 Å². The molecule has 0 aromatic carbocycles. The van der Waals surface area contributed by atoms with Crippen LogP contribution in [0.25, 0.3) is 0 Å². The van der Waals surface area contributed by atoms with Crippen molar-refractivity contribution < 1.29 is 0 Å². The number of nitrogens with zero attached hydrogens (tertiary/aromatic N) is 4. The molecule has 0 aliphatic carbocycles. The van der Waals surface area contributed by atoms with E-state index in [0.29, 0.717) is 0 Å². The van der Waals surface area contributed by atoms with Gasteiger partial charge in [-0.25, -0.2) is 15.0 Å². The maximum atomic E-state index is 4.61. The van der Waals surface area contributed by atoms with Crippen LogP contribution in [-0.2, 0) is 12.0 Å². The van der Waals surface area contributed by atoms with Crippen molar-refractivity contribution in [2.45, 2.75) is 45.6 Å². The Labute approximate surface area is 138 Å². The molecule has 0 unspecified atom stereocenters. The molecule has 122 valence electrons. The molecule has 1 aliphatic rings. The molecule has 1 saturated heterocycles. The summed E-state index contributed by atoms with van der Waals surface area (Å²) in [5, 5.41) is 3.39. The first-order valence-corrected chi connectivity index (χ1v) is 8.30. The zero-order valence-electron chi connectivity index (χ0n) is 14.2. The SMILES string of the molecule is CC(C)(C)c1nccc(NCc2ccnc(N3CCCC3)c2)n1. The molecule has 2 aromatic rings. The van der Waals surface area contributed by atoms with Gasteiger partial charge < -0.3 is 10.2 Å². The summed E-state index contributed by atoms with van der Waals surface area (Å²) in [6.45, 7) is 9.34. The third-order valence-electron chi connectivity index (χ3n) is 4.04. The normalized spacial score (nSPS) is 15.0. The molecule has 0 spiro atoms. The van der Waals surface area contributed by atoms with E-state index in [0.717, 1.165) is 37.1 Å². The quantitative estimate of drug-likeness (QED) is 0.938. The minimum atomic E-state index is -0.0444. The van der Waals surface area contributed by atoms with Crippen LogP contribution in [0.3, 0.4) is 0 Å². The molecule has 23 heavy (non-hydrogen) atoms. The summed E-state index contributed by atoms with van der Waals surface area (Å²) in [5.41, 5.74) is 1.18. The topological polar surface area (TPSA) is 53.9 Å². The first kappa shape index (κ1) is 15.7. The lowest BCUT2D eigenvalue weighted by Gasteiger charge is -2.18. The molecule has 0 amide bonds. The molecule has 1 aliphatic heterocycles. The van der Waals surface area contributed by atoms with Crippen LogP contribution in [0, 0.1) is 0 Å². The summed E-state index contributed by atoms with van der Waals surface area (Å²) in [4.78, 5) is 15.8. The van der Waals surface area contributed by atoms with Gasteiger partial charge in [0.1, 0.15) is 17.5 Å². The third kappa shape index (κ3) is 3.97. The summed E-state index contributed by atoms with van der Waals surface area (Å²) < 4.78 is 0. The van der Waals surface area contributed by atoms with Crippen molar-refractivity contribution in [1.82, 2.24) is 15.0 Å². The van der Waals surface area contributed by atoms with Gasteiger partial charge >= 0.3 is 0 Å². The van der Waals surface area contributed by atoms with Crippen LogP contribution in [0.4, 0.5) is 11.6 Å². The highest BCUT2D eigenvalue weighted by atomic mass is 15.2. The fraction of sp³-hybridized carbons (Fsp3) is 0.500. The molecule has 5 heteroatoms. The number of hydrogen-bond donors (Lipinski definition) is 1. The Kier molecular flexibility index (Phi) is 4.46. The van der Waals surface area contributed by atoms with Crippen molar-refractivity contribution in [3.63, 3.8) is 0 Å². The zero-order chi connectivity index (χ0) is 16.3. The van der Waals surface area contributed by atoms with Gasteiger partial charge in [0.15, 0.2) is 0 Å². The van der Waals surface area contributed by atoms with Gasteiger partial charge in [0.05, 0.1) is 0 Å². The van der Waals surface area contributed by atoms with Crippen LogP contribution in [0.15, 0.2) is 30.6 Å². The van der Waals surface area contributed by atoms with Crippen LogP contribution >= 0.6 is 0 Å². The largest absolute Gasteiger partial charge is 0.366 e. The van der Waals surface area contributed by atoms with E-state index in [1.165, 1.54) is 18.4 Å². The Morgan fingerprint density at radius 1 is 1.09 bits per heavy atom. The van der Waals surface area contributed by atoms with Gasteiger partial charge in [0, 0.05) is 37.4 Å². The Hall–Kier alpha value is -2.17. The van der Waals surface area contributed by atoms with E-state index in [9.17, 15) is 0 Å². The van der Waals surface area contributed by atoms with Crippen molar-refractivity contribution in [2.75, 3.05) is 23.3 Å². The Morgan fingerprint density at radius 2 is 1.83 bits per heavy atom. The lowest BCUT2D eigenvalue weighted by atomic mass is 9.96. The van der Waals surface area contributed by atoms with Crippen molar-refractivity contribution in [3.05, 3.63) is 42.0 Å². The molecule has 0 bridgehead atoms. The standard InChI is InChI=1S/C18H25N5/c1-18(2,3)17-20-9-7-15(22-17)21-13-14-6-8-19-16(12-14)23-10-4-5-11-23/h6-9,12H,4-5,10-11,13H2,1-3H3,(H,20,21,22). The summed E-state index contributed by atoms with van der Waals surface area (Å²) in [6, 6.07) is 6.14. The number of rotatable bonds is 4. The fourth-order valence-corrected chi connectivity index (χ4v) is 2.70. The predicted molar refractivity (Wildman–Crippen MR) is 93.7 cm³/mol. The van der Waals surface area contributed by atoms with E-state index < -0.39 is 0 Å². The molecule has 5 nitrogen and oxygen atoms in total. The average molecular weight is 311 g/mol. The van der Waals surface area contributed by atoms with Crippen molar-refractivity contribution in [1.29, 1.82) is 0 Å². The van der Waals surface area contributed by atoms with Crippen LogP contribution in [0.1, 0.15) is 45.0 Å². The number of hydrogen-bond acceptors (Lipinski definition) is 5. The fourth-order valence-electron chi connectivity index (χ4n) is 2.70. The van der Waals surface area contributed by atoms with E-state index in [2.05, 4.69) is 58.1 Å². The molecule has 0 saturated carbocycles. The molecule has 3 rings (SSSR count). The summed E-state index contributed by atoms with van der Waals surface area (Å²) in [5.74, 6) is 2.80. The monoisotopic (exact) mass is 311 g/mol. The molecule has 1 fully saturated rings. The highest BCUT2D eigenvalue weighted by molar-refractivity contribution is 5.43. The molecule has 3 heterocycles. The maximum Gasteiger partial charge on any atom is 0.135 e. The summed E-state index contributed by atoms with van der Waals surface area (Å²) in [7, 11) is 0. The summed E-state index contributed by atoms with van der Waals surface area (Å²) >= 11 is 0. The van der Waals surface area contributed by atoms with Crippen molar-refractivity contribution in [2.24, 2.45) is 0 Å². The van der Waals surface area contributed by atoms with Gasteiger partial charge in [-0.1, -0.05) is 20.8 Å². The predicted octanol–water partition coefficient (Wildman–Crippen LogP) is 3.38. The highest BCUT2D eigenvalue weighted by Crippen LogP contribution is 2.20. The second-order valence-corrected chi connectivity index (χ2v) is 7.09. The highest BCUT2D eigenvalue weighted by Gasteiger charge is 2.17. The van der Waals surface area contributed by atoms with Gasteiger partial charge in [0.25, 0.3) is 0 Å². The first-order valence-electron chi connectivity index (χ1n) is 8.30. The Morgan fingerprint density at radius 3 is 2.57 bits per heavy atom. The van der Waals surface area contributed by atoms with E-state index in [1.807, 2.05) is 18.5 Å². The Balaban J connectivity index is 1.67. The molecule has 1 N–H and O–H groups in total. The number of aromatic nitrogens is 3. The minimum absolute atomic E-state index is 0.0444. The van der Waals surface area contributed by atoms with Crippen LogP contribution in [-0.4, -0.2) is 28.0 Å². The Bertz CT molecular complexity index is 656. The second kappa shape index (κ2) is 6.52. The molecule has 0 radical (unpaired) electrons.